The summed E-state index contributed by atoms with van der Waals surface area (Å²) in [5.41, 5.74) is 2.16. The quantitative estimate of drug-likeness (QED) is 0.718. The number of amides is 2. The summed E-state index contributed by atoms with van der Waals surface area (Å²) in [6.45, 7) is 2.05. The molecule has 3 N–H and O–H groups in total. The molecule has 2 amide bonds. The fourth-order valence-electron chi connectivity index (χ4n) is 1.72. The minimum absolute atomic E-state index is 0.105. The molecule has 112 valence electrons. The van der Waals surface area contributed by atoms with Crippen molar-refractivity contribution in [3.05, 3.63) is 58.3 Å². The summed E-state index contributed by atoms with van der Waals surface area (Å²) in [5, 5.41) is 14.7. The van der Waals surface area contributed by atoms with Gasteiger partial charge in [0.25, 0.3) is 0 Å². The van der Waals surface area contributed by atoms with E-state index < -0.39 is 11.6 Å². The minimum Gasteiger partial charge on any atom is -0.383 e. The van der Waals surface area contributed by atoms with Gasteiger partial charge in [0, 0.05) is 4.88 Å². The molecule has 6 heteroatoms. The largest absolute Gasteiger partial charge is 0.383 e. The number of hydrogen-bond acceptors (Lipinski definition) is 4. The Bertz CT molecular complexity index is 556. The van der Waals surface area contributed by atoms with E-state index in [4.69, 9.17) is 4.84 Å². The van der Waals surface area contributed by atoms with Gasteiger partial charge in [-0.05, 0) is 23.9 Å². The van der Waals surface area contributed by atoms with Crippen LogP contribution in [-0.4, -0.2) is 17.7 Å². The van der Waals surface area contributed by atoms with Gasteiger partial charge in [0.1, 0.15) is 5.60 Å². The first-order valence-corrected chi connectivity index (χ1v) is 7.42. The highest BCUT2D eigenvalue weighted by Gasteiger charge is 2.24. The van der Waals surface area contributed by atoms with Gasteiger partial charge < -0.3 is 10.4 Å². The average Bonchev–Trinajstić information content (AvgIpc) is 3.01. The average molecular weight is 306 g/mol. The maximum Gasteiger partial charge on any atom is 0.338 e. The number of nitrogens with one attached hydrogen (secondary N) is 2. The molecular weight excluding hydrogens is 288 g/mol. The van der Waals surface area contributed by atoms with E-state index in [1.54, 1.807) is 6.92 Å². The predicted molar refractivity (Wildman–Crippen MR) is 81.7 cm³/mol. The molecule has 1 unspecified atom stereocenters. The van der Waals surface area contributed by atoms with Crippen LogP contribution in [0, 0.1) is 0 Å². The van der Waals surface area contributed by atoms with Crippen LogP contribution in [0.25, 0.3) is 0 Å². The molecule has 0 spiro atoms. The van der Waals surface area contributed by atoms with Crippen LogP contribution in [0.5, 0.6) is 0 Å². The normalized spacial score (nSPS) is 13.4. The zero-order valence-electron chi connectivity index (χ0n) is 11.7. The van der Waals surface area contributed by atoms with Crippen molar-refractivity contribution in [1.82, 2.24) is 10.8 Å². The molecule has 1 aromatic carbocycles. The fraction of sp³-hybridized carbons (Fsp3) is 0.267. The highest BCUT2D eigenvalue weighted by atomic mass is 32.1. The maximum atomic E-state index is 11.6. The van der Waals surface area contributed by atoms with Crippen molar-refractivity contribution in [3.63, 3.8) is 0 Å². The van der Waals surface area contributed by atoms with E-state index in [9.17, 15) is 9.90 Å². The molecule has 0 saturated heterocycles. The molecule has 0 bridgehead atoms. The van der Waals surface area contributed by atoms with Crippen molar-refractivity contribution < 1.29 is 14.7 Å². The third-order valence-electron chi connectivity index (χ3n) is 2.89. The lowest BCUT2D eigenvalue weighted by molar-refractivity contribution is 0.0389. The lowest BCUT2D eigenvalue weighted by atomic mass is 10.1. The van der Waals surface area contributed by atoms with Gasteiger partial charge in [-0.1, -0.05) is 36.4 Å². The Balaban J connectivity index is 1.70. The molecule has 0 fully saturated rings. The van der Waals surface area contributed by atoms with E-state index in [0.717, 1.165) is 10.4 Å². The molecule has 1 aromatic heterocycles. The van der Waals surface area contributed by atoms with Crippen LogP contribution in [0.15, 0.2) is 47.8 Å². The lowest BCUT2D eigenvalue weighted by Crippen LogP contribution is -2.43. The van der Waals surface area contributed by atoms with Crippen LogP contribution < -0.4 is 10.8 Å². The Morgan fingerprint density at radius 2 is 2.05 bits per heavy atom. The summed E-state index contributed by atoms with van der Waals surface area (Å²) >= 11 is 1.44. The summed E-state index contributed by atoms with van der Waals surface area (Å²) in [6.07, 6.45) is 0. The molecule has 2 aromatic rings. The van der Waals surface area contributed by atoms with E-state index in [1.807, 2.05) is 47.8 Å². The minimum atomic E-state index is -1.09. The van der Waals surface area contributed by atoms with E-state index >= 15 is 0 Å². The Hall–Kier alpha value is -1.89. The number of carbonyl (C=O) groups is 1. The predicted octanol–water partition coefficient (Wildman–Crippen LogP) is 2.39. The molecule has 5 nitrogen and oxygen atoms in total. The number of hydroxylamine groups is 1. The van der Waals surface area contributed by atoms with E-state index in [0.29, 0.717) is 0 Å². The van der Waals surface area contributed by atoms with E-state index in [1.165, 1.54) is 11.3 Å². The van der Waals surface area contributed by atoms with Crippen LogP contribution in [0.3, 0.4) is 0 Å². The van der Waals surface area contributed by atoms with E-state index in [2.05, 4.69) is 10.8 Å². The summed E-state index contributed by atoms with van der Waals surface area (Å²) in [7, 11) is 0. The van der Waals surface area contributed by atoms with Crippen LogP contribution in [0.2, 0.25) is 0 Å². The van der Waals surface area contributed by atoms with Crippen molar-refractivity contribution in [2.75, 3.05) is 6.54 Å². The molecule has 0 saturated carbocycles. The van der Waals surface area contributed by atoms with Crippen LogP contribution in [0.4, 0.5) is 4.79 Å². The number of rotatable bonds is 6. The zero-order chi connectivity index (χ0) is 15.1. The Labute approximate surface area is 127 Å². The van der Waals surface area contributed by atoms with Gasteiger partial charge >= 0.3 is 6.03 Å². The summed E-state index contributed by atoms with van der Waals surface area (Å²) < 4.78 is 0. The number of hydrogen-bond donors (Lipinski definition) is 3. The summed E-state index contributed by atoms with van der Waals surface area (Å²) in [6, 6.07) is 12.7. The SMILES string of the molecule is CC(O)(CNC(=O)NOCc1ccccc1)c1cccs1. The molecule has 0 aliphatic rings. The number of benzene rings is 1. The first-order chi connectivity index (χ1) is 10.1. The first kappa shape index (κ1) is 15.5. The Morgan fingerprint density at radius 1 is 1.29 bits per heavy atom. The van der Waals surface area contributed by atoms with Gasteiger partial charge in [-0.15, -0.1) is 11.3 Å². The van der Waals surface area contributed by atoms with Gasteiger partial charge in [-0.2, -0.15) is 0 Å². The standard InChI is InChI=1S/C15H18N2O3S/c1-15(19,13-8-5-9-21-13)11-16-14(18)17-20-10-12-6-3-2-4-7-12/h2-9,19H,10-11H2,1H3,(H2,16,17,18). The van der Waals surface area contributed by atoms with Crippen molar-refractivity contribution in [3.8, 4) is 0 Å². The monoisotopic (exact) mass is 306 g/mol. The van der Waals surface area contributed by atoms with Gasteiger partial charge in [0.2, 0.25) is 0 Å². The molecule has 0 aliphatic carbocycles. The van der Waals surface area contributed by atoms with Gasteiger partial charge in [0.15, 0.2) is 0 Å². The topological polar surface area (TPSA) is 70.6 Å². The number of urea groups is 1. The highest BCUT2D eigenvalue weighted by Crippen LogP contribution is 2.24. The van der Waals surface area contributed by atoms with Gasteiger partial charge in [-0.3, -0.25) is 4.84 Å². The second-order valence-corrected chi connectivity index (χ2v) is 5.76. The second-order valence-electron chi connectivity index (χ2n) is 4.81. The third-order valence-corrected chi connectivity index (χ3v) is 4.01. The smallest absolute Gasteiger partial charge is 0.338 e. The maximum absolute atomic E-state index is 11.6. The van der Waals surface area contributed by atoms with Gasteiger partial charge in [0.05, 0.1) is 13.2 Å². The molecule has 1 heterocycles. The fourth-order valence-corrected chi connectivity index (χ4v) is 2.51. The number of thiophene rings is 1. The summed E-state index contributed by atoms with van der Waals surface area (Å²) in [5.74, 6) is 0. The van der Waals surface area contributed by atoms with Crippen LogP contribution in [0.1, 0.15) is 17.4 Å². The summed E-state index contributed by atoms with van der Waals surface area (Å²) in [4.78, 5) is 17.5. The number of aliphatic hydroxyl groups is 1. The van der Waals surface area contributed by atoms with Crippen molar-refractivity contribution >= 4 is 17.4 Å². The molecule has 21 heavy (non-hydrogen) atoms. The Kier molecular flexibility index (Phi) is 5.32. The lowest BCUT2D eigenvalue weighted by Gasteiger charge is -2.22. The second kappa shape index (κ2) is 7.21. The molecular formula is C15H18N2O3S. The molecule has 0 aliphatic heterocycles. The van der Waals surface area contributed by atoms with Crippen LogP contribution >= 0.6 is 11.3 Å². The van der Waals surface area contributed by atoms with Crippen molar-refractivity contribution in [2.24, 2.45) is 0 Å². The Morgan fingerprint density at radius 3 is 2.71 bits per heavy atom. The zero-order valence-corrected chi connectivity index (χ0v) is 12.5. The van der Waals surface area contributed by atoms with Crippen LogP contribution in [-0.2, 0) is 17.0 Å². The third kappa shape index (κ3) is 4.86. The molecule has 0 radical (unpaired) electrons. The highest BCUT2D eigenvalue weighted by molar-refractivity contribution is 7.10. The van der Waals surface area contributed by atoms with Crippen molar-refractivity contribution in [2.45, 2.75) is 19.1 Å². The van der Waals surface area contributed by atoms with E-state index in [-0.39, 0.29) is 13.2 Å². The number of carbonyl (C=O) groups excluding carboxylic acids is 1. The molecule has 1 atom stereocenters. The van der Waals surface area contributed by atoms with Crippen molar-refractivity contribution in [1.29, 1.82) is 0 Å². The first-order valence-electron chi connectivity index (χ1n) is 6.54. The molecule has 2 rings (SSSR count). The van der Waals surface area contributed by atoms with Gasteiger partial charge in [-0.25, -0.2) is 10.3 Å².